The molecule has 8 heteroatoms. The van der Waals surface area contributed by atoms with Crippen molar-refractivity contribution >= 4 is 23.7 Å². The normalized spacial score (nSPS) is 16.4. The SMILES string of the molecule is CC(C)[C@@](C)(C#N)NC(=O)COC(=O)[C@@H](C)N1C(=O)c2ccccc2C1=O. The van der Waals surface area contributed by atoms with Crippen LogP contribution in [0.3, 0.4) is 0 Å². The van der Waals surface area contributed by atoms with E-state index in [1.54, 1.807) is 32.9 Å². The van der Waals surface area contributed by atoms with Crippen molar-refractivity contribution in [2.24, 2.45) is 5.92 Å². The van der Waals surface area contributed by atoms with Gasteiger partial charge in [-0.15, -0.1) is 0 Å². The van der Waals surface area contributed by atoms with Crippen molar-refractivity contribution in [2.45, 2.75) is 39.3 Å². The van der Waals surface area contributed by atoms with E-state index in [0.29, 0.717) is 0 Å². The van der Waals surface area contributed by atoms with E-state index in [2.05, 4.69) is 5.32 Å². The molecule has 0 radical (unpaired) electrons. The summed E-state index contributed by atoms with van der Waals surface area (Å²) in [6.07, 6.45) is 0. The van der Waals surface area contributed by atoms with Crippen molar-refractivity contribution < 1.29 is 23.9 Å². The maximum Gasteiger partial charge on any atom is 0.329 e. The molecule has 1 aliphatic heterocycles. The number of hydrogen-bond acceptors (Lipinski definition) is 6. The van der Waals surface area contributed by atoms with Gasteiger partial charge < -0.3 is 10.1 Å². The molecule has 0 unspecified atom stereocenters. The second-order valence-electron chi connectivity index (χ2n) is 6.83. The number of benzene rings is 1. The number of amides is 3. The van der Waals surface area contributed by atoms with Gasteiger partial charge in [-0.1, -0.05) is 26.0 Å². The lowest BCUT2D eigenvalue weighted by molar-refractivity contribution is -0.152. The minimum absolute atomic E-state index is 0.153. The second kappa shape index (κ2) is 7.58. The average Bonchev–Trinajstić information content (AvgIpc) is 2.90. The Morgan fingerprint density at radius 3 is 2.15 bits per heavy atom. The van der Waals surface area contributed by atoms with Crippen LogP contribution in [0, 0.1) is 17.2 Å². The van der Waals surface area contributed by atoms with Gasteiger partial charge in [-0.2, -0.15) is 5.26 Å². The number of nitrogens with zero attached hydrogens (tertiary/aromatic N) is 2. The first-order valence-electron chi connectivity index (χ1n) is 8.48. The highest BCUT2D eigenvalue weighted by atomic mass is 16.5. The zero-order chi connectivity index (χ0) is 20.4. The Hall–Kier alpha value is -3.21. The fourth-order valence-electron chi connectivity index (χ4n) is 2.55. The molecule has 1 aromatic carbocycles. The third-order valence-electron chi connectivity index (χ3n) is 4.69. The Morgan fingerprint density at radius 2 is 1.70 bits per heavy atom. The molecule has 0 saturated heterocycles. The van der Waals surface area contributed by atoms with Crippen LogP contribution in [-0.4, -0.2) is 46.8 Å². The molecule has 1 N–H and O–H groups in total. The maximum atomic E-state index is 12.4. The number of carbonyl (C=O) groups is 4. The number of esters is 1. The van der Waals surface area contributed by atoms with Gasteiger partial charge in [0.1, 0.15) is 11.6 Å². The molecular weight excluding hydrogens is 350 g/mol. The van der Waals surface area contributed by atoms with Crippen molar-refractivity contribution in [1.82, 2.24) is 10.2 Å². The van der Waals surface area contributed by atoms with Gasteiger partial charge in [-0.3, -0.25) is 19.3 Å². The number of nitrogens with one attached hydrogen (secondary N) is 1. The van der Waals surface area contributed by atoms with Gasteiger partial charge in [0.2, 0.25) is 0 Å². The van der Waals surface area contributed by atoms with Gasteiger partial charge in [0.15, 0.2) is 6.61 Å². The quantitative estimate of drug-likeness (QED) is 0.594. The second-order valence-corrected chi connectivity index (χ2v) is 6.83. The van der Waals surface area contributed by atoms with Gasteiger partial charge in [-0.05, 0) is 31.9 Å². The van der Waals surface area contributed by atoms with Crippen LogP contribution in [0.4, 0.5) is 0 Å². The van der Waals surface area contributed by atoms with E-state index in [-0.39, 0.29) is 17.0 Å². The largest absolute Gasteiger partial charge is 0.454 e. The van der Waals surface area contributed by atoms with Gasteiger partial charge in [0.25, 0.3) is 17.7 Å². The fraction of sp³-hybridized carbons (Fsp3) is 0.421. The molecular formula is C19H21N3O5. The average molecular weight is 371 g/mol. The Bertz CT molecular complexity index is 807. The summed E-state index contributed by atoms with van der Waals surface area (Å²) in [6, 6.07) is 7.11. The predicted octanol–water partition coefficient (Wildman–Crippen LogP) is 1.27. The molecule has 0 aromatic heterocycles. The Morgan fingerprint density at radius 1 is 1.19 bits per heavy atom. The molecule has 3 amide bonds. The number of ether oxygens (including phenoxy) is 1. The monoisotopic (exact) mass is 371 g/mol. The summed E-state index contributed by atoms with van der Waals surface area (Å²) >= 11 is 0. The highest BCUT2D eigenvalue weighted by molar-refractivity contribution is 6.22. The van der Waals surface area contributed by atoms with Crippen LogP contribution in [-0.2, 0) is 14.3 Å². The summed E-state index contributed by atoms with van der Waals surface area (Å²) in [4.78, 5) is 49.8. The summed E-state index contributed by atoms with van der Waals surface area (Å²) in [6.45, 7) is 5.87. The fourth-order valence-corrected chi connectivity index (χ4v) is 2.55. The van der Waals surface area contributed by atoms with E-state index in [0.717, 1.165) is 4.90 Å². The van der Waals surface area contributed by atoms with Crippen LogP contribution in [0.2, 0.25) is 0 Å². The molecule has 0 spiro atoms. The van der Waals surface area contributed by atoms with Crippen molar-refractivity contribution in [2.75, 3.05) is 6.61 Å². The van der Waals surface area contributed by atoms with Crippen molar-refractivity contribution in [3.05, 3.63) is 35.4 Å². The van der Waals surface area contributed by atoms with Crippen LogP contribution < -0.4 is 5.32 Å². The summed E-state index contributed by atoms with van der Waals surface area (Å²) < 4.78 is 4.94. The van der Waals surface area contributed by atoms with E-state index in [4.69, 9.17) is 4.74 Å². The molecule has 2 atom stereocenters. The molecule has 1 heterocycles. The van der Waals surface area contributed by atoms with Crippen LogP contribution >= 0.6 is 0 Å². The summed E-state index contributed by atoms with van der Waals surface area (Å²) in [7, 11) is 0. The van der Waals surface area contributed by atoms with E-state index < -0.39 is 41.9 Å². The number of hydrogen-bond donors (Lipinski definition) is 1. The first-order valence-corrected chi connectivity index (χ1v) is 8.48. The molecule has 1 aromatic rings. The van der Waals surface area contributed by atoms with Gasteiger partial charge >= 0.3 is 5.97 Å². The van der Waals surface area contributed by atoms with Crippen LogP contribution in [0.15, 0.2) is 24.3 Å². The number of imide groups is 1. The van der Waals surface area contributed by atoms with E-state index in [1.807, 2.05) is 6.07 Å². The third-order valence-corrected chi connectivity index (χ3v) is 4.69. The first-order chi connectivity index (χ1) is 12.6. The van der Waals surface area contributed by atoms with Crippen LogP contribution in [0.1, 0.15) is 48.4 Å². The highest BCUT2D eigenvalue weighted by Gasteiger charge is 2.41. The summed E-state index contributed by atoms with van der Waals surface area (Å²) in [5.74, 6) is -2.85. The number of fused-ring (bicyclic) bond motifs is 1. The molecule has 1 aliphatic rings. The van der Waals surface area contributed by atoms with Crippen LogP contribution in [0.25, 0.3) is 0 Å². The number of carbonyl (C=O) groups excluding carboxylic acids is 4. The molecule has 142 valence electrons. The van der Waals surface area contributed by atoms with Crippen molar-refractivity contribution in [3.63, 3.8) is 0 Å². The Labute approximate surface area is 157 Å². The summed E-state index contributed by atoms with van der Waals surface area (Å²) in [5, 5.41) is 11.7. The standard InChI is InChI=1S/C19H21N3O5/c1-11(2)19(4,10-20)21-15(23)9-27-18(26)12(3)22-16(24)13-7-5-6-8-14(13)17(22)25/h5-8,11-12H,9H2,1-4H3,(H,21,23)/t12-,19-/m1/s1. The van der Waals surface area contributed by atoms with Crippen molar-refractivity contribution in [3.8, 4) is 6.07 Å². The molecule has 8 nitrogen and oxygen atoms in total. The Kier molecular flexibility index (Phi) is 5.64. The zero-order valence-corrected chi connectivity index (χ0v) is 15.6. The lowest BCUT2D eigenvalue weighted by Crippen LogP contribution is -2.50. The molecule has 0 aliphatic carbocycles. The predicted molar refractivity (Wildman–Crippen MR) is 94.4 cm³/mol. The summed E-state index contributed by atoms with van der Waals surface area (Å²) in [5.41, 5.74) is -0.652. The molecule has 0 saturated carbocycles. The highest BCUT2D eigenvalue weighted by Crippen LogP contribution is 2.24. The minimum Gasteiger partial charge on any atom is -0.454 e. The Balaban J connectivity index is 1.99. The minimum atomic E-state index is -1.18. The lowest BCUT2D eigenvalue weighted by Gasteiger charge is -2.27. The number of rotatable bonds is 6. The van der Waals surface area contributed by atoms with Gasteiger partial charge in [0.05, 0.1) is 17.2 Å². The molecule has 2 rings (SSSR count). The zero-order valence-electron chi connectivity index (χ0n) is 15.6. The molecule has 0 fully saturated rings. The van der Waals surface area contributed by atoms with Gasteiger partial charge in [0, 0.05) is 0 Å². The van der Waals surface area contributed by atoms with E-state index in [1.165, 1.54) is 19.1 Å². The van der Waals surface area contributed by atoms with E-state index in [9.17, 15) is 24.4 Å². The van der Waals surface area contributed by atoms with E-state index >= 15 is 0 Å². The molecule has 0 bridgehead atoms. The molecule has 27 heavy (non-hydrogen) atoms. The topological polar surface area (TPSA) is 117 Å². The van der Waals surface area contributed by atoms with Gasteiger partial charge in [-0.25, -0.2) is 4.79 Å². The first kappa shape index (κ1) is 20.1. The number of nitriles is 1. The maximum absolute atomic E-state index is 12.4. The smallest absolute Gasteiger partial charge is 0.329 e. The van der Waals surface area contributed by atoms with Crippen molar-refractivity contribution in [1.29, 1.82) is 5.26 Å². The van der Waals surface area contributed by atoms with Crippen LogP contribution in [0.5, 0.6) is 0 Å². The lowest BCUT2D eigenvalue weighted by atomic mass is 9.90. The third kappa shape index (κ3) is 3.82.